The van der Waals surface area contributed by atoms with Gasteiger partial charge in [-0.25, -0.2) is 0 Å². The Balaban J connectivity index is 2.57. The van der Waals surface area contributed by atoms with E-state index in [2.05, 4.69) is 31.9 Å². The summed E-state index contributed by atoms with van der Waals surface area (Å²) in [4.78, 5) is 0. The SMILES string of the molecule is CC(C)(C)OCCOc1c(Br)cc(CCl)cc1Br. The van der Waals surface area contributed by atoms with Crippen molar-refractivity contribution in [2.24, 2.45) is 0 Å². The average molecular weight is 401 g/mol. The third kappa shape index (κ3) is 5.47. The molecule has 0 atom stereocenters. The molecule has 0 fully saturated rings. The third-order valence-electron chi connectivity index (χ3n) is 2.08. The zero-order chi connectivity index (χ0) is 13.8. The molecule has 0 spiro atoms. The van der Waals surface area contributed by atoms with Gasteiger partial charge in [-0.05, 0) is 70.3 Å². The van der Waals surface area contributed by atoms with Crippen molar-refractivity contribution < 1.29 is 9.47 Å². The van der Waals surface area contributed by atoms with Crippen LogP contribution in [0.15, 0.2) is 21.1 Å². The van der Waals surface area contributed by atoms with Crippen LogP contribution in [0.1, 0.15) is 26.3 Å². The Morgan fingerprint density at radius 3 is 2.11 bits per heavy atom. The first kappa shape index (κ1) is 16.3. The van der Waals surface area contributed by atoms with Gasteiger partial charge in [0.15, 0.2) is 0 Å². The van der Waals surface area contributed by atoms with E-state index in [4.69, 9.17) is 21.1 Å². The molecule has 0 aliphatic rings. The fourth-order valence-electron chi connectivity index (χ4n) is 1.32. The molecule has 0 radical (unpaired) electrons. The first-order valence-electron chi connectivity index (χ1n) is 5.64. The van der Waals surface area contributed by atoms with E-state index in [1.54, 1.807) is 0 Å². The Bertz CT molecular complexity index is 379. The lowest BCUT2D eigenvalue weighted by Gasteiger charge is -2.20. The minimum absolute atomic E-state index is 0.139. The maximum Gasteiger partial charge on any atom is 0.147 e. The first-order chi connectivity index (χ1) is 8.33. The van der Waals surface area contributed by atoms with Gasteiger partial charge < -0.3 is 9.47 Å². The largest absolute Gasteiger partial charge is 0.489 e. The van der Waals surface area contributed by atoms with Crippen molar-refractivity contribution in [3.8, 4) is 5.75 Å². The molecule has 102 valence electrons. The molecule has 0 bridgehead atoms. The Morgan fingerprint density at radius 2 is 1.67 bits per heavy atom. The van der Waals surface area contributed by atoms with Crippen LogP contribution >= 0.6 is 43.5 Å². The van der Waals surface area contributed by atoms with Crippen molar-refractivity contribution in [3.05, 3.63) is 26.6 Å². The molecule has 1 rings (SSSR count). The van der Waals surface area contributed by atoms with Gasteiger partial charge in [0.2, 0.25) is 0 Å². The fraction of sp³-hybridized carbons (Fsp3) is 0.538. The Hall–Kier alpha value is 0.230. The van der Waals surface area contributed by atoms with Crippen LogP contribution in [0.5, 0.6) is 5.75 Å². The Labute approximate surface area is 130 Å². The van der Waals surface area contributed by atoms with E-state index < -0.39 is 0 Å². The lowest BCUT2D eigenvalue weighted by atomic mass is 10.2. The van der Waals surface area contributed by atoms with E-state index in [1.165, 1.54) is 0 Å². The molecule has 0 N–H and O–H groups in total. The van der Waals surface area contributed by atoms with Crippen molar-refractivity contribution >= 4 is 43.5 Å². The summed E-state index contributed by atoms with van der Waals surface area (Å²) in [5.74, 6) is 1.26. The molecule has 0 aliphatic heterocycles. The maximum atomic E-state index is 5.80. The van der Waals surface area contributed by atoms with Crippen LogP contribution in [0.2, 0.25) is 0 Å². The van der Waals surface area contributed by atoms with E-state index in [-0.39, 0.29) is 5.60 Å². The van der Waals surface area contributed by atoms with Gasteiger partial charge in [0.1, 0.15) is 12.4 Å². The van der Waals surface area contributed by atoms with Crippen LogP contribution in [0, 0.1) is 0 Å². The molecule has 0 heterocycles. The van der Waals surface area contributed by atoms with Crippen molar-refractivity contribution in [2.75, 3.05) is 13.2 Å². The monoisotopic (exact) mass is 398 g/mol. The summed E-state index contributed by atoms with van der Waals surface area (Å²) < 4.78 is 13.1. The second-order valence-corrected chi connectivity index (χ2v) is 6.81. The summed E-state index contributed by atoms with van der Waals surface area (Å²) in [6.45, 7) is 7.13. The van der Waals surface area contributed by atoms with Gasteiger partial charge >= 0.3 is 0 Å². The van der Waals surface area contributed by atoms with Gasteiger partial charge in [-0.2, -0.15) is 0 Å². The van der Waals surface area contributed by atoms with Gasteiger partial charge in [-0.3, -0.25) is 0 Å². The average Bonchev–Trinajstić information content (AvgIpc) is 2.25. The summed E-state index contributed by atoms with van der Waals surface area (Å²) in [6.07, 6.45) is 0. The first-order valence-corrected chi connectivity index (χ1v) is 7.76. The summed E-state index contributed by atoms with van der Waals surface area (Å²) in [5, 5.41) is 0. The van der Waals surface area contributed by atoms with Gasteiger partial charge in [0, 0.05) is 5.88 Å². The Morgan fingerprint density at radius 1 is 1.11 bits per heavy atom. The van der Waals surface area contributed by atoms with Crippen LogP contribution in [-0.2, 0) is 10.6 Å². The normalized spacial score (nSPS) is 11.7. The van der Waals surface area contributed by atoms with E-state index in [0.29, 0.717) is 19.1 Å². The van der Waals surface area contributed by atoms with Gasteiger partial charge in [-0.1, -0.05) is 0 Å². The third-order valence-corrected chi connectivity index (χ3v) is 3.56. The molecule has 0 saturated heterocycles. The number of hydrogen-bond acceptors (Lipinski definition) is 2. The molecule has 18 heavy (non-hydrogen) atoms. The minimum Gasteiger partial charge on any atom is -0.489 e. The second kappa shape index (κ2) is 7.13. The van der Waals surface area contributed by atoms with E-state index >= 15 is 0 Å². The predicted octanol–water partition coefficient (Wildman–Crippen LogP) is 5.14. The highest BCUT2D eigenvalue weighted by atomic mass is 79.9. The highest BCUT2D eigenvalue weighted by Crippen LogP contribution is 2.35. The van der Waals surface area contributed by atoms with Crippen molar-refractivity contribution in [1.29, 1.82) is 0 Å². The number of hydrogen-bond donors (Lipinski definition) is 0. The lowest BCUT2D eigenvalue weighted by molar-refractivity contribution is -0.0164. The predicted molar refractivity (Wildman–Crippen MR) is 82.6 cm³/mol. The number of ether oxygens (including phenoxy) is 2. The smallest absolute Gasteiger partial charge is 0.147 e. The van der Waals surface area contributed by atoms with Gasteiger partial charge in [0.05, 0.1) is 21.2 Å². The summed E-state index contributed by atoms with van der Waals surface area (Å²) in [5.41, 5.74) is 0.897. The quantitative estimate of drug-likeness (QED) is 0.503. The minimum atomic E-state index is -0.139. The van der Waals surface area contributed by atoms with Crippen LogP contribution in [0.3, 0.4) is 0 Å². The van der Waals surface area contributed by atoms with Crippen LogP contribution < -0.4 is 4.74 Å². The van der Waals surface area contributed by atoms with Crippen LogP contribution in [0.4, 0.5) is 0 Å². The summed E-state index contributed by atoms with van der Waals surface area (Å²) in [6, 6.07) is 3.91. The molecule has 1 aromatic carbocycles. The van der Waals surface area contributed by atoms with E-state index in [0.717, 1.165) is 20.3 Å². The zero-order valence-electron chi connectivity index (χ0n) is 10.7. The maximum absolute atomic E-state index is 5.80. The standard InChI is InChI=1S/C13H17Br2ClO2/c1-13(2,3)18-5-4-17-12-10(14)6-9(8-16)7-11(12)15/h6-7H,4-5,8H2,1-3H3. The molecule has 0 aromatic heterocycles. The van der Waals surface area contributed by atoms with Crippen LogP contribution in [0.25, 0.3) is 0 Å². The zero-order valence-corrected chi connectivity index (χ0v) is 14.7. The Kier molecular flexibility index (Phi) is 6.45. The number of rotatable bonds is 5. The molecular formula is C13H17Br2ClO2. The number of alkyl halides is 1. The van der Waals surface area contributed by atoms with E-state index in [9.17, 15) is 0 Å². The second-order valence-electron chi connectivity index (χ2n) is 4.83. The molecule has 0 saturated carbocycles. The highest BCUT2D eigenvalue weighted by molar-refractivity contribution is 9.11. The molecule has 1 aromatic rings. The highest BCUT2D eigenvalue weighted by Gasteiger charge is 2.11. The van der Waals surface area contributed by atoms with Gasteiger partial charge in [0.25, 0.3) is 0 Å². The number of benzene rings is 1. The molecule has 0 amide bonds. The van der Waals surface area contributed by atoms with Crippen molar-refractivity contribution in [1.82, 2.24) is 0 Å². The molecule has 5 heteroatoms. The fourth-order valence-corrected chi connectivity index (χ4v) is 2.98. The van der Waals surface area contributed by atoms with Crippen molar-refractivity contribution in [3.63, 3.8) is 0 Å². The molecule has 2 nitrogen and oxygen atoms in total. The summed E-state index contributed by atoms with van der Waals surface area (Å²) in [7, 11) is 0. The summed E-state index contributed by atoms with van der Waals surface area (Å²) >= 11 is 12.7. The van der Waals surface area contributed by atoms with Gasteiger partial charge in [-0.15, -0.1) is 11.6 Å². The van der Waals surface area contributed by atoms with E-state index in [1.807, 2.05) is 32.9 Å². The van der Waals surface area contributed by atoms with Crippen molar-refractivity contribution in [2.45, 2.75) is 32.3 Å². The lowest BCUT2D eigenvalue weighted by Crippen LogP contribution is -2.22. The number of halogens is 3. The molecule has 0 aliphatic carbocycles. The molecule has 0 unspecified atom stereocenters. The topological polar surface area (TPSA) is 18.5 Å². The molecular weight excluding hydrogens is 383 g/mol. The van der Waals surface area contributed by atoms with Crippen LogP contribution in [-0.4, -0.2) is 18.8 Å².